The summed E-state index contributed by atoms with van der Waals surface area (Å²) in [6.45, 7) is 1.42. The number of ether oxygens (including phenoxy) is 1. The van der Waals surface area contributed by atoms with Gasteiger partial charge in [0.05, 0.1) is 19.0 Å². The smallest absolute Gasteiger partial charge is 0.129 e. The highest BCUT2D eigenvalue weighted by Crippen LogP contribution is 2.44. The molecule has 2 aliphatic carbocycles. The molecule has 2 N–H and O–H groups in total. The molecule has 106 valence electrons. The Morgan fingerprint density at radius 2 is 2.37 bits per heavy atom. The van der Waals surface area contributed by atoms with Crippen molar-refractivity contribution in [1.29, 1.82) is 0 Å². The minimum absolute atomic E-state index is 0.356. The first-order valence-corrected chi connectivity index (χ1v) is 7.33. The third-order valence-corrected chi connectivity index (χ3v) is 4.49. The quantitative estimate of drug-likeness (QED) is 0.791. The van der Waals surface area contributed by atoms with Gasteiger partial charge in [-0.25, -0.2) is 0 Å². The molecule has 0 aliphatic heterocycles. The summed E-state index contributed by atoms with van der Waals surface area (Å²) < 4.78 is 10.6. The molecule has 1 aromatic rings. The summed E-state index contributed by atoms with van der Waals surface area (Å²) in [5.41, 5.74) is 0. The third kappa shape index (κ3) is 3.38. The van der Waals surface area contributed by atoms with Crippen LogP contribution >= 0.6 is 0 Å². The highest BCUT2D eigenvalue weighted by Gasteiger charge is 2.39. The number of furan rings is 1. The van der Waals surface area contributed by atoms with Gasteiger partial charge in [0.1, 0.15) is 12.4 Å². The standard InChI is InChI=1S/C15H23NO3/c17-13(9-18-10-14-2-1-5-19-14)8-16-15-7-11-3-4-12(15)6-11/h1-2,5,11-13,15-17H,3-4,6-10H2. The van der Waals surface area contributed by atoms with Gasteiger partial charge in [-0.15, -0.1) is 0 Å². The van der Waals surface area contributed by atoms with E-state index in [9.17, 15) is 5.11 Å². The van der Waals surface area contributed by atoms with E-state index in [0.29, 0.717) is 25.8 Å². The number of aliphatic hydroxyl groups excluding tert-OH is 1. The number of nitrogens with one attached hydrogen (secondary N) is 1. The van der Waals surface area contributed by atoms with Gasteiger partial charge in [-0.2, -0.15) is 0 Å². The van der Waals surface area contributed by atoms with Crippen molar-refractivity contribution >= 4 is 0 Å². The van der Waals surface area contributed by atoms with Crippen molar-refractivity contribution in [2.24, 2.45) is 11.8 Å². The van der Waals surface area contributed by atoms with E-state index in [2.05, 4.69) is 5.32 Å². The fourth-order valence-electron chi connectivity index (χ4n) is 3.53. The minimum atomic E-state index is -0.436. The molecule has 0 amide bonds. The molecule has 1 aromatic heterocycles. The van der Waals surface area contributed by atoms with Crippen LogP contribution in [0.5, 0.6) is 0 Å². The van der Waals surface area contributed by atoms with Crippen LogP contribution in [0.25, 0.3) is 0 Å². The molecule has 3 rings (SSSR count). The summed E-state index contributed by atoms with van der Waals surface area (Å²) in [6.07, 6.45) is 6.67. The second kappa shape index (κ2) is 6.07. The van der Waals surface area contributed by atoms with Gasteiger partial charge in [0.2, 0.25) is 0 Å². The molecule has 0 aromatic carbocycles. The van der Waals surface area contributed by atoms with Crippen LogP contribution in [0.1, 0.15) is 31.4 Å². The van der Waals surface area contributed by atoms with Gasteiger partial charge in [-0.1, -0.05) is 6.42 Å². The Balaban J connectivity index is 1.30. The summed E-state index contributed by atoms with van der Waals surface area (Å²) >= 11 is 0. The van der Waals surface area contributed by atoms with Gasteiger partial charge in [0.25, 0.3) is 0 Å². The number of fused-ring (bicyclic) bond motifs is 2. The first-order chi connectivity index (χ1) is 9.31. The van der Waals surface area contributed by atoms with Crippen LogP contribution in [0.4, 0.5) is 0 Å². The molecule has 0 spiro atoms. The molecule has 2 saturated carbocycles. The van der Waals surface area contributed by atoms with E-state index >= 15 is 0 Å². The zero-order valence-electron chi connectivity index (χ0n) is 11.3. The molecule has 1 heterocycles. The molecular formula is C15H23NO3. The fraction of sp³-hybridized carbons (Fsp3) is 0.733. The van der Waals surface area contributed by atoms with E-state index in [-0.39, 0.29) is 0 Å². The van der Waals surface area contributed by atoms with Crippen molar-refractivity contribution in [3.8, 4) is 0 Å². The summed E-state index contributed by atoms with van der Waals surface area (Å²) in [6, 6.07) is 4.34. The number of aliphatic hydroxyl groups is 1. The molecule has 2 bridgehead atoms. The van der Waals surface area contributed by atoms with Gasteiger partial charge >= 0.3 is 0 Å². The van der Waals surface area contributed by atoms with Gasteiger partial charge < -0.3 is 19.6 Å². The van der Waals surface area contributed by atoms with E-state index < -0.39 is 6.10 Å². The Morgan fingerprint density at radius 3 is 3.05 bits per heavy atom. The van der Waals surface area contributed by atoms with Crippen molar-refractivity contribution in [2.45, 2.75) is 44.4 Å². The lowest BCUT2D eigenvalue weighted by Gasteiger charge is -2.24. The second-order valence-corrected chi connectivity index (χ2v) is 5.94. The van der Waals surface area contributed by atoms with Gasteiger partial charge in [0, 0.05) is 12.6 Å². The predicted molar refractivity (Wildman–Crippen MR) is 71.6 cm³/mol. The Hall–Kier alpha value is -0.840. The lowest BCUT2D eigenvalue weighted by atomic mass is 9.95. The Kier molecular flexibility index (Phi) is 4.21. The maximum atomic E-state index is 9.89. The Morgan fingerprint density at radius 1 is 1.42 bits per heavy atom. The van der Waals surface area contributed by atoms with E-state index in [1.807, 2.05) is 12.1 Å². The third-order valence-electron chi connectivity index (χ3n) is 4.49. The average Bonchev–Trinajstić information content (AvgIpc) is 3.13. The monoisotopic (exact) mass is 265 g/mol. The lowest BCUT2D eigenvalue weighted by molar-refractivity contribution is 0.0207. The largest absolute Gasteiger partial charge is 0.467 e. The van der Waals surface area contributed by atoms with Crippen molar-refractivity contribution in [3.63, 3.8) is 0 Å². The maximum absolute atomic E-state index is 9.89. The van der Waals surface area contributed by atoms with Gasteiger partial charge in [-0.3, -0.25) is 0 Å². The molecule has 0 radical (unpaired) electrons. The number of hydrogen-bond donors (Lipinski definition) is 2. The maximum Gasteiger partial charge on any atom is 0.129 e. The molecule has 4 heteroatoms. The fourth-order valence-corrected chi connectivity index (χ4v) is 3.53. The number of rotatable bonds is 7. The number of hydrogen-bond acceptors (Lipinski definition) is 4. The van der Waals surface area contributed by atoms with Crippen molar-refractivity contribution in [3.05, 3.63) is 24.2 Å². The Bertz CT molecular complexity index is 379. The summed E-state index contributed by atoms with van der Waals surface area (Å²) in [5, 5.41) is 13.4. The van der Waals surface area contributed by atoms with Crippen LogP contribution in [-0.4, -0.2) is 30.4 Å². The molecule has 0 saturated heterocycles. The van der Waals surface area contributed by atoms with E-state index in [4.69, 9.17) is 9.15 Å². The minimum Gasteiger partial charge on any atom is -0.467 e. The Labute approximate surface area is 114 Å². The van der Waals surface area contributed by atoms with Gasteiger partial charge in [0.15, 0.2) is 0 Å². The zero-order valence-corrected chi connectivity index (χ0v) is 11.3. The summed E-state index contributed by atoms with van der Waals surface area (Å²) in [7, 11) is 0. The molecule has 4 unspecified atom stereocenters. The SMILES string of the molecule is OC(CNC1CC2CCC1C2)COCc1ccco1. The molecule has 4 atom stereocenters. The highest BCUT2D eigenvalue weighted by atomic mass is 16.5. The molecule has 19 heavy (non-hydrogen) atoms. The van der Waals surface area contributed by atoms with Crippen LogP contribution in [0.15, 0.2) is 22.8 Å². The van der Waals surface area contributed by atoms with Crippen LogP contribution in [0.3, 0.4) is 0 Å². The average molecular weight is 265 g/mol. The lowest BCUT2D eigenvalue weighted by Crippen LogP contribution is -2.40. The van der Waals surface area contributed by atoms with Crippen molar-refractivity contribution in [2.75, 3.05) is 13.2 Å². The highest BCUT2D eigenvalue weighted by molar-refractivity contribution is 4.96. The zero-order chi connectivity index (χ0) is 13.1. The summed E-state index contributed by atoms with van der Waals surface area (Å²) in [5.74, 6) is 2.59. The normalized spacial score (nSPS) is 30.9. The van der Waals surface area contributed by atoms with Crippen molar-refractivity contribution in [1.82, 2.24) is 5.32 Å². The molecule has 4 nitrogen and oxygen atoms in total. The van der Waals surface area contributed by atoms with Crippen LogP contribution in [0.2, 0.25) is 0 Å². The van der Waals surface area contributed by atoms with E-state index in [0.717, 1.165) is 17.6 Å². The topological polar surface area (TPSA) is 54.6 Å². The summed E-state index contributed by atoms with van der Waals surface area (Å²) in [4.78, 5) is 0. The molecule has 2 aliphatic rings. The van der Waals surface area contributed by atoms with E-state index in [1.165, 1.54) is 25.7 Å². The first kappa shape index (κ1) is 13.2. The second-order valence-electron chi connectivity index (χ2n) is 5.94. The molecule has 2 fully saturated rings. The first-order valence-electron chi connectivity index (χ1n) is 7.33. The van der Waals surface area contributed by atoms with Crippen LogP contribution in [-0.2, 0) is 11.3 Å². The van der Waals surface area contributed by atoms with Crippen LogP contribution < -0.4 is 5.32 Å². The van der Waals surface area contributed by atoms with E-state index in [1.54, 1.807) is 6.26 Å². The predicted octanol–water partition coefficient (Wildman–Crippen LogP) is 1.94. The van der Waals surface area contributed by atoms with Crippen LogP contribution in [0, 0.1) is 11.8 Å². The molecular weight excluding hydrogens is 242 g/mol. The van der Waals surface area contributed by atoms with Gasteiger partial charge in [-0.05, 0) is 43.2 Å². The van der Waals surface area contributed by atoms with Crippen molar-refractivity contribution < 1.29 is 14.3 Å².